The van der Waals surface area contributed by atoms with Crippen LogP contribution in [0.15, 0.2) is 30.3 Å². The molecule has 0 fully saturated rings. The number of benzene rings is 1. The van der Waals surface area contributed by atoms with Gasteiger partial charge in [0.15, 0.2) is 0 Å². The van der Waals surface area contributed by atoms with E-state index in [9.17, 15) is 14.4 Å². The van der Waals surface area contributed by atoms with Gasteiger partial charge in [0, 0.05) is 12.6 Å². The van der Waals surface area contributed by atoms with Crippen molar-refractivity contribution in [2.24, 2.45) is 0 Å². The number of hydrogen-bond acceptors (Lipinski definition) is 4. The summed E-state index contributed by atoms with van der Waals surface area (Å²) in [5, 5.41) is 5.47. The van der Waals surface area contributed by atoms with Crippen molar-refractivity contribution in [1.82, 2.24) is 15.5 Å². The molecule has 0 aliphatic carbocycles. The highest BCUT2D eigenvalue weighted by Crippen LogP contribution is 2.23. The van der Waals surface area contributed by atoms with Crippen molar-refractivity contribution in [2.75, 3.05) is 13.1 Å². The molecule has 0 aliphatic rings. The van der Waals surface area contributed by atoms with E-state index in [0.29, 0.717) is 6.54 Å². The van der Waals surface area contributed by atoms with Gasteiger partial charge in [-0.2, -0.15) is 0 Å². The van der Waals surface area contributed by atoms with Gasteiger partial charge >= 0.3 is 6.09 Å². The number of nitrogens with one attached hydrogen (secondary N) is 2. The molecule has 32 heavy (non-hydrogen) atoms. The summed E-state index contributed by atoms with van der Waals surface area (Å²) in [6, 6.07) is 8.46. The SMILES string of the molecule is CCCCCCCN(C(=O)CNC(=O)OC(C)(C)C)C(C(=O)NC(C)C)c1ccccc1. The van der Waals surface area contributed by atoms with Crippen LogP contribution in [0.1, 0.15) is 85.3 Å². The van der Waals surface area contributed by atoms with Crippen molar-refractivity contribution >= 4 is 17.9 Å². The first kappa shape index (κ1) is 27.5. The molecular weight excluding hydrogens is 406 g/mol. The summed E-state index contributed by atoms with van der Waals surface area (Å²) >= 11 is 0. The van der Waals surface area contributed by atoms with Gasteiger partial charge in [-0.3, -0.25) is 9.59 Å². The maximum atomic E-state index is 13.2. The first-order valence-corrected chi connectivity index (χ1v) is 11.7. The van der Waals surface area contributed by atoms with Crippen LogP contribution in [0.2, 0.25) is 0 Å². The van der Waals surface area contributed by atoms with Crippen LogP contribution in [0.5, 0.6) is 0 Å². The molecular formula is C25H41N3O4. The number of alkyl carbamates (subject to hydrolysis) is 1. The Balaban J connectivity index is 3.06. The average molecular weight is 448 g/mol. The van der Waals surface area contributed by atoms with Crippen LogP contribution in [0.25, 0.3) is 0 Å². The second-order valence-corrected chi connectivity index (χ2v) is 9.33. The van der Waals surface area contributed by atoms with Gasteiger partial charge in [-0.05, 0) is 46.6 Å². The largest absolute Gasteiger partial charge is 0.444 e. The third kappa shape index (κ3) is 10.6. The van der Waals surface area contributed by atoms with Gasteiger partial charge in [0.1, 0.15) is 18.2 Å². The lowest BCUT2D eigenvalue weighted by atomic mass is 10.0. The molecule has 1 rings (SSSR count). The van der Waals surface area contributed by atoms with Crippen LogP contribution in [0.3, 0.4) is 0 Å². The number of carbonyl (C=O) groups excluding carboxylic acids is 3. The third-order valence-corrected chi connectivity index (χ3v) is 4.71. The van der Waals surface area contributed by atoms with E-state index in [1.807, 2.05) is 44.2 Å². The quantitative estimate of drug-likeness (QED) is 0.459. The maximum Gasteiger partial charge on any atom is 0.408 e. The molecule has 0 aliphatic heterocycles. The maximum absolute atomic E-state index is 13.2. The summed E-state index contributed by atoms with van der Waals surface area (Å²) in [5.74, 6) is -0.551. The van der Waals surface area contributed by atoms with Crippen LogP contribution in [0, 0.1) is 0 Å². The van der Waals surface area contributed by atoms with Crippen LogP contribution in [-0.2, 0) is 14.3 Å². The lowest BCUT2D eigenvalue weighted by molar-refractivity contribution is -0.140. The molecule has 0 saturated heterocycles. The van der Waals surface area contributed by atoms with Crippen LogP contribution >= 0.6 is 0 Å². The fraction of sp³-hybridized carbons (Fsp3) is 0.640. The van der Waals surface area contributed by atoms with E-state index in [4.69, 9.17) is 4.74 Å². The third-order valence-electron chi connectivity index (χ3n) is 4.71. The summed E-state index contributed by atoms with van der Waals surface area (Å²) in [6.07, 6.45) is 4.47. The number of carbonyl (C=O) groups is 3. The summed E-state index contributed by atoms with van der Waals surface area (Å²) in [4.78, 5) is 40.0. The Morgan fingerprint density at radius 3 is 2.19 bits per heavy atom. The Hall–Kier alpha value is -2.57. The Bertz CT molecular complexity index is 714. The lowest BCUT2D eigenvalue weighted by Gasteiger charge is -2.32. The molecule has 1 unspecified atom stereocenters. The van der Waals surface area contributed by atoms with Gasteiger partial charge in [0.05, 0.1) is 0 Å². The summed E-state index contributed by atoms with van der Waals surface area (Å²) in [7, 11) is 0. The van der Waals surface area contributed by atoms with Crippen molar-refractivity contribution in [2.45, 2.75) is 91.3 Å². The number of rotatable bonds is 12. The summed E-state index contributed by atoms with van der Waals surface area (Å²) in [5.41, 5.74) is 0.0837. The Kier molecular flexibility index (Phi) is 11.8. The number of unbranched alkanes of at least 4 members (excludes halogenated alkanes) is 4. The van der Waals surface area contributed by atoms with Gasteiger partial charge < -0.3 is 20.3 Å². The van der Waals surface area contributed by atoms with E-state index in [1.165, 1.54) is 0 Å². The minimum absolute atomic E-state index is 0.0601. The van der Waals surface area contributed by atoms with E-state index < -0.39 is 17.7 Å². The molecule has 0 aromatic heterocycles. The smallest absolute Gasteiger partial charge is 0.408 e. The molecule has 1 aromatic carbocycles. The Labute approximate surface area is 193 Å². The van der Waals surface area contributed by atoms with Crippen molar-refractivity contribution in [3.63, 3.8) is 0 Å². The van der Waals surface area contributed by atoms with Gasteiger partial charge in [-0.1, -0.05) is 62.9 Å². The Morgan fingerprint density at radius 1 is 1.00 bits per heavy atom. The normalized spacial score (nSPS) is 12.2. The number of ether oxygens (including phenoxy) is 1. The Morgan fingerprint density at radius 2 is 1.62 bits per heavy atom. The fourth-order valence-corrected chi connectivity index (χ4v) is 3.32. The van der Waals surface area contributed by atoms with Crippen molar-refractivity contribution < 1.29 is 19.1 Å². The molecule has 0 radical (unpaired) electrons. The van der Waals surface area contributed by atoms with Crippen molar-refractivity contribution in [1.29, 1.82) is 0 Å². The highest BCUT2D eigenvalue weighted by atomic mass is 16.6. The zero-order valence-electron chi connectivity index (χ0n) is 20.6. The van der Waals surface area contributed by atoms with Crippen LogP contribution < -0.4 is 10.6 Å². The number of hydrogen-bond donors (Lipinski definition) is 2. The molecule has 0 saturated carbocycles. The minimum atomic E-state index is -0.766. The monoisotopic (exact) mass is 447 g/mol. The van der Waals surface area contributed by atoms with E-state index >= 15 is 0 Å². The van der Waals surface area contributed by atoms with Crippen molar-refractivity contribution in [3.05, 3.63) is 35.9 Å². The molecule has 7 heteroatoms. The molecule has 2 N–H and O–H groups in total. The highest BCUT2D eigenvalue weighted by molar-refractivity contribution is 5.90. The van der Waals surface area contributed by atoms with Gasteiger partial charge in [0.2, 0.25) is 11.8 Å². The molecule has 0 bridgehead atoms. The number of amides is 3. The van der Waals surface area contributed by atoms with Gasteiger partial charge in [0.25, 0.3) is 0 Å². The fourth-order valence-electron chi connectivity index (χ4n) is 3.32. The highest BCUT2D eigenvalue weighted by Gasteiger charge is 2.31. The standard InChI is InChI=1S/C25H41N3O4/c1-7-8-9-10-14-17-28(21(29)18-26-24(31)32-25(4,5)6)22(23(30)27-19(2)3)20-15-12-11-13-16-20/h11-13,15-16,19,22H,7-10,14,17-18H2,1-6H3,(H,26,31)(H,27,30). The van der Waals surface area contributed by atoms with E-state index in [1.54, 1.807) is 25.7 Å². The van der Waals surface area contributed by atoms with Gasteiger partial charge in [-0.25, -0.2) is 4.79 Å². The van der Waals surface area contributed by atoms with Crippen LogP contribution in [0.4, 0.5) is 4.79 Å². The molecule has 3 amide bonds. The molecule has 1 atom stereocenters. The van der Waals surface area contributed by atoms with Crippen molar-refractivity contribution in [3.8, 4) is 0 Å². The van der Waals surface area contributed by atoms with Crippen LogP contribution in [-0.4, -0.2) is 47.5 Å². The minimum Gasteiger partial charge on any atom is -0.444 e. The predicted molar refractivity (Wildman–Crippen MR) is 127 cm³/mol. The first-order valence-electron chi connectivity index (χ1n) is 11.7. The zero-order valence-corrected chi connectivity index (χ0v) is 20.6. The summed E-state index contributed by atoms with van der Waals surface area (Å²) < 4.78 is 5.24. The molecule has 7 nitrogen and oxygen atoms in total. The summed E-state index contributed by atoms with van der Waals surface area (Å²) in [6.45, 7) is 11.4. The average Bonchev–Trinajstić information content (AvgIpc) is 2.69. The molecule has 0 heterocycles. The van der Waals surface area contributed by atoms with Gasteiger partial charge in [-0.15, -0.1) is 0 Å². The van der Waals surface area contributed by atoms with E-state index in [-0.39, 0.29) is 24.4 Å². The number of nitrogens with zero attached hydrogens (tertiary/aromatic N) is 1. The lowest BCUT2D eigenvalue weighted by Crippen LogP contribution is -2.49. The predicted octanol–water partition coefficient (Wildman–Crippen LogP) is 4.58. The topological polar surface area (TPSA) is 87.7 Å². The molecule has 1 aromatic rings. The second-order valence-electron chi connectivity index (χ2n) is 9.33. The van der Waals surface area contributed by atoms with E-state index in [0.717, 1.165) is 37.7 Å². The molecule has 0 spiro atoms. The van der Waals surface area contributed by atoms with E-state index in [2.05, 4.69) is 17.6 Å². The first-order chi connectivity index (χ1) is 15.0. The second kappa shape index (κ2) is 13.8. The zero-order chi connectivity index (χ0) is 24.1. The molecule has 180 valence electrons.